The lowest BCUT2D eigenvalue weighted by atomic mass is 9.43. The van der Waals surface area contributed by atoms with Crippen LogP contribution in [0.4, 0.5) is 0 Å². The molecule has 2 N–H and O–H groups in total. The van der Waals surface area contributed by atoms with Crippen LogP contribution in [0, 0.1) is 29.1 Å². The third-order valence-electron chi connectivity index (χ3n) is 9.75. The molecule has 1 aliphatic heterocycles. The highest BCUT2D eigenvalue weighted by Gasteiger charge is 2.68. The van der Waals surface area contributed by atoms with Gasteiger partial charge in [0.05, 0.1) is 29.7 Å². The molecule has 1 amide bonds. The zero-order valence-corrected chi connectivity index (χ0v) is 23.6. The normalized spacial score (nSPS) is 29.9. The number of carbonyl (C=O) groups is 2. The first-order valence-corrected chi connectivity index (χ1v) is 14.2. The molecule has 0 aromatic heterocycles. The van der Waals surface area contributed by atoms with Gasteiger partial charge in [0, 0.05) is 12.0 Å². The van der Waals surface area contributed by atoms with Gasteiger partial charge in [-0.3, -0.25) is 9.59 Å². The van der Waals surface area contributed by atoms with E-state index >= 15 is 0 Å². The van der Waals surface area contributed by atoms with Gasteiger partial charge in [0.25, 0.3) is 0 Å². The smallest absolute Gasteiger partial charge is 0.404 e. The van der Waals surface area contributed by atoms with Crippen molar-refractivity contribution >= 4 is 29.6 Å². The van der Waals surface area contributed by atoms with E-state index in [1.54, 1.807) is 13.0 Å². The van der Waals surface area contributed by atoms with Crippen molar-refractivity contribution in [2.24, 2.45) is 29.1 Å². The molecule has 6 nitrogen and oxygen atoms in total. The van der Waals surface area contributed by atoms with E-state index in [2.05, 4.69) is 39.9 Å². The number of nitrogens with one attached hydrogen (secondary N) is 1. The SMILES string of the molecule is CC(C)C[C@H](NC(=O)[C@@H](CC(=O)c1ccc2ccccc2c1)[C@@H](C)O)B1O[C@@H]2C[C@H]3C[C@H](C3(C)C)[C@]2(C)O1. The van der Waals surface area contributed by atoms with Crippen LogP contribution < -0.4 is 5.32 Å². The number of amides is 1. The second kappa shape index (κ2) is 10.1. The van der Waals surface area contributed by atoms with E-state index in [0.29, 0.717) is 29.7 Å². The highest BCUT2D eigenvalue weighted by molar-refractivity contribution is 6.47. The van der Waals surface area contributed by atoms with Gasteiger partial charge in [-0.05, 0) is 73.1 Å². The average molecular weight is 519 g/mol. The molecule has 0 unspecified atom stereocenters. The largest absolute Gasteiger partial charge is 0.481 e. The summed E-state index contributed by atoms with van der Waals surface area (Å²) >= 11 is 0. The minimum absolute atomic E-state index is 0.0258. The molecule has 2 aromatic carbocycles. The molecule has 4 aliphatic rings. The lowest BCUT2D eigenvalue weighted by Crippen LogP contribution is -2.65. The number of hydrogen-bond donors (Lipinski definition) is 2. The zero-order chi connectivity index (χ0) is 27.4. The number of benzene rings is 2. The van der Waals surface area contributed by atoms with Crippen molar-refractivity contribution in [1.82, 2.24) is 5.32 Å². The van der Waals surface area contributed by atoms with Crippen LogP contribution in [0.5, 0.6) is 0 Å². The lowest BCUT2D eigenvalue weighted by Gasteiger charge is -2.64. The number of carbonyl (C=O) groups excluding carboxylic acids is 2. The third kappa shape index (κ3) is 4.82. The fourth-order valence-electron chi connectivity index (χ4n) is 7.27. The van der Waals surface area contributed by atoms with Crippen LogP contribution in [0.2, 0.25) is 0 Å². The predicted molar refractivity (Wildman–Crippen MR) is 150 cm³/mol. The van der Waals surface area contributed by atoms with Crippen molar-refractivity contribution in [3.05, 3.63) is 48.0 Å². The Morgan fingerprint density at radius 1 is 1.08 bits per heavy atom. The minimum Gasteiger partial charge on any atom is -0.404 e. The lowest BCUT2D eigenvalue weighted by molar-refractivity contribution is -0.199. The first kappa shape index (κ1) is 27.4. The van der Waals surface area contributed by atoms with E-state index in [4.69, 9.17) is 9.31 Å². The molecule has 7 heteroatoms. The van der Waals surface area contributed by atoms with Gasteiger partial charge >= 0.3 is 7.12 Å². The van der Waals surface area contributed by atoms with E-state index in [-0.39, 0.29) is 41.2 Å². The Balaban J connectivity index is 1.30. The molecule has 3 saturated carbocycles. The number of ketones is 1. The van der Waals surface area contributed by atoms with Crippen LogP contribution in [-0.4, -0.2) is 47.7 Å². The third-order valence-corrected chi connectivity index (χ3v) is 9.75. The summed E-state index contributed by atoms with van der Waals surface area (Å²) in [5, 5.41) is 15.7. The molecule has 38 heavy (non-hydrogen) atoms. The van der Waals surface area contributed by atoms with Crippen molar-refractivity contribution < 1.29 is 24.0 Å². The standard InChI is InChI=1S/C31H42BNO5/c1-18(2)13-28(32-37-27-16-23-15-26(30(23,4)5)31(27,6)38-32)33-29(36)24(19(3)34)17-25(35)22-12-11-20-9-7-8-10-21(20)14-22/h7-12,14,18-19,23-24,26-28,34H,13,15-17H2,1-6H3,(H,33,36)/t19-,23-,24+,26-,27-,28+,31+/m1/s1. The molecule has 204 valence electrons. The Morgan fingerprint density at radius 2 is 1.79 bits per heavy atom. The number of hydrogen-bond acceptors (Lipinski definition) is 5. The zero-order valence-electron chi connectivity index (χ0n) is 23.6. The van der Waals surface area contributed by atoms with Crippen molar-refractivity contribution in [3.8, 4) is 0 Å². The van der Waals surface area contributed by atoms with Gasteiger partial charge < -0.3 is 19.7 Å². The Kier molecular flexibility index (Phi) is 7.25. The van der Waals surface area contributed by atoms with Gasteiger partial charge in [-0.2, -0.15) is 0 Å². The van der Waals surface area contributed by atoms with Gasteiger partial charge in [-0.25, -0.2) is 0 Å². The Morgan fingerprint density at radius 3 is 2.45 bits per heavy atom. The van der Waals surface area contributed by atoms with Gasteiger partial charge in [0.2, 0.25) is 5.91 Å². The summed E-state index contributed by atoms with van der Waals surface area (Å²) in [5.41, 5.74) is 0.418. The molecule has 0 spiro atoms. The number of fused-ring (bicyclic) bond motifs is 1. The fourth-order valence-corrected chi connectivity index (χ4v) is 7.27. The summed E-state index contributed by atoms with van der Waals surface area (Å²) in [4.78, 5) is 26.7. The summed E-state index contributed by atoms with van der Waals surface area (Å²) in [6.07, 6.45) is 1.81. The monoisotopic (exact) mass is 519 g/mol. The van der Waals surface area contributed by atoms with Gasteiger partial charge in [0.15, 0.2) is 5.78 Å². The maximum absolute atomic E-state index is 13.5. The fraction of sp³-hybridized carbons (Fsp3) is 0.613. The van der Waals surface area contributed by atoms with Crippen molar-refractivity contribution in [3.63, 3.8) is 0 Å². The summed E-state index contributed by atoms with van der Waals surface area (Å²) < 4.78 is 13.2. The van der Waals surface area contributed by atoms with Gasteiger partial charge in [0.1, 0.15) is 0 Å². The first-order valence-electron chi connectivity index (χ1n) is 14.2. The van der Waals surface area contributed by atoms with Crippen LogP contribution in [0.1, 0.15) is 77.6 Å². The number of aliphatic hydroxyl groups excluding tert-OH is 1. The van der Waals surface area contributed by atoms with Crippen molar-refractivity contribution in [2.45, 2.75) is 91.0 Å². The summed E-state index contributed by atoms with van der Waals surface area (Å²) in [7, 11) is -0.544. The van der Waals surface area contributed by atoms with Crippen molar-refractivity contribution in [2.75, 3.05) is 0 Å². The maximum Gasteiger partial charge on any atom is 0.481 e. The second-order valence-electron chi connectivity index (χ2n) is 13.1. The summed E-state index contributed by atoms with van der Waals surface area (Å²) in [6.45, 7) is 12.6. The molecule has 6 rings (SSSR count). The molecule has 3 aliphatic carbocycles. The molecule has 2 bridgehead atoms. The highest BCUT2D eigenvalue weighted by atomic mass is 16.7. The minimum atomic E-state index is -0.974. The molecule has 1 heterocycles. The molecular formula is C31H42BNO5. The average Bonchev–Trinajstić information content (AvgIpc) is 3.23. The molecule has 2 aromatic rings. The molecule has 0 radical (unpaired) electrons. The first-order chi connectivity index (χ1) is 17.9. The van der Waals surface area contributed by atoms with E-state index in [1.165, 1.54) is 0 Å². The van der Waals surface area contributed by atoms with Crippen LogP contribution in [-0.2, 0) is 14.1 Å². The maximum atomic E-state index is 13.5. The van der Waals surface area contributed by atoms with Gasteiger partial charge in [-0.1, -0.05) is 64.1 Å². The molecule has 4 fully saturated rings. The van der Waals surface area contributed by atoms with E-state index in [9.17, 15) is 14.7 Å². The summed E-state index contributed by atoms with van der Waals surface area (Å²) in [5.74, 6) is -0.340. The predicted octanol–water partition coefficient (Wildman–Crippen LogP) is 5.21. The van der Waals surface area contributed by atoms with Crippen molar-refractivity contribution in [1.29, 1.82) is 0 Å². The van der Waals surface area contributed by atoms with Gasteiger partial charge in [-0.15, -0.1) is 0 Å². The molecule has 1 saturated heterocycles. The highest BCUT2D eigenvalue weighted by Crippen LogP contribution is 2.65. The second-order valence-corrected chi connectivity index (χ2v) is 13.1. The molecule has 7 atom stereocenters. The summed E-state index contributed by atoms with van der Waals surface area (Å²) in [6, 6.07) is 13.4. The number of aliphatic hydroxyl groups is 1. The number of rotatable bonds is 9. The number of Topliss-reactive ketones (excluding diaryl/α,β-unsaturated/α-hetero) is 1. The van der Waals surface area contributed by atoms with E-state index < -0.39 is 19.1 Å². The van der Waals surface area contributed by atoms with E-state index in [1.807, 2.05) is 36.4 Å². The quantitative estimate of drug-likeness (QED) is 0.351. The molecular weight excluding hydrogens is 477 g/mol. The Labute approximate surface area is 227 Å². The topological polar surface area (TPSA) is 84.9 Å². The van der Waals surface area contributed by atoms with Crippen LogP contribution in [0.25, 0.3) is 10.8 Å². The van der Waals surface area contributed by atoms with E-state index in [0.717, 1.165) is 23.6 Å². The van der Waals surface area contributed by atoms with Crippen LogP contribution in [0.15, 0.2) is 42.5 Å². The Bertz CT molecular complexity index is 1210. The van der Waals surface area contributed by atoms with Crippen LogP contribution >= 0.6 is 0 Å². The van der Waals surface area contributed by atoms with Crippen LogP contribution in [0.3, 0.4) is 0 Å². The Hall–Kier alpha value is -2.22.